The largest absolute Gasteiger partial charge is 0.488 e. The van der Waals surface area contributed by atoms with Gasteiger partial charge in [0, 0.05) is 35.3 Å². The fraction of sp³-hybridized carbons (Fsp3) is 0.125. The molecule has 0 aliphatic rings. The van der Waals surface area contributed by atoms with Crippen molar-refractivity contribution in [2.45, 2.75) is 20.4 Å². The zero-order valence-corrected chi connectivity index (χ0v) is 17.7. The monoisotopic (exact) mass is 424 g/mol. The van der Waals surface area contributed by atoms with Gasteiger partial charge in [-0.2, -0.15) is 0 Å². The van der Waals surface area contributed by atoms with Crippen LogP contribution in [0.15, 0.2) is 71.6 Å². The highest BCUT2D eigenvalue weighted by molar-refractivity contribution is 6.58. The number of benzene rings is 1. The van der Waals surface area contributed by atoms with Crippen LogP contribution in [0.4, 0.5) is 0 Å². The Labute approximate surface area is 185 Å². The van der Waals surface area contributed by atoms with E-state index in [2.05, 4.69) is 27.0 Å². The maximum atomic E-state index is 9.41. The van der Waals surface area contributed by atoms with Crippen LogP contribution in [0.25, 0.3) is 33.3 Å². The van der Waals surface area contributed by atoms with E-state index >= 15 is 0 Å². The Kier molecular flexibility index (Phi) is 5.09. The van der Waals surface area contributed by atoms with Crippen molar-refractivity contribution in [1.82, 2.24) is 19.7 Å². The number of aryl methyl sites for hydroxylation is 2. The van der Waals surface area contributed by atoms with Crippen LogP contribution in [0.2, 0.25) is 0 Å². The van der Waals surface area contributed by atoms with Gasteiger partial charge in [-0.3, -0.25) is 9.97 Å². The van der Waals surface area contributed by atoms with Gasteiger partial charge in [0.25, 0.3) is 0 Å². The average Bonchev–Trinajstić information content (AvgIpc) is 3.33. The zero-order chi connectivity index (χ0) is 22.2. The van der Waals surface area contributed by atoms with Crippen molar-refractivity contribution in [2.75, 3.05) is 0 Å². The summed E-state index contributed by atoms with van der Waals surface area (Å²) in [6.45, 7) is 4.41. The maximum absolute atomic E-state index is 9.41. The molecule has 0 bridgehead atoms. The summed E-state index contributed by atoms with van der Waals surface area (Å²) in [6, 6.07) is 15.1. The maximum Gasteiger partial charge on any atom is 0.488 e. The summed E-state index contributed by atoms with van der Waals surface area (Å²) in [4.78, 5) is 9.28. The summed E-state index contributed by atoms with van der Waals surface area (Å²) in [6.07, 6.45) is 5.69. The van der Waals surface area contributed by atoms with E-state index < -0.39 is 7.12 Å². The first-order valence-electron chi connectivity index (χ1n) is 10.3. The molecule has 158 valence electrons. The smallest absolute Gasteiger partial charge is 0.423 e. The molecule has 5 rings (SSSR count). The fourth-order valence-corrected chi connectivity index (χ4v) is 4.04. The van der Waals surface area contributed by atoms with Gasteiger partial charge in [-0.05, 0) is 43.1 Å². The highest BCUT2D eigenvalue weighted by atomic mass is 16.5. The van der Waals surface area contributed by atoms with Crippen molar-refractivity contribution >= 4 is 23.6 Å². The lowest BCUT2D eigenvalue weighted by Gasteiger charge is -2.06. The molecule has 4 heterocycles. The molecule has 1 aromatic carbocycles. The average molecular weight is 424 g/mol. The molecule has 0 unspecified atom stereocenters. The minimum absolute atomic E-state index is 0.444. The first-order chi connectivity index (χ1) is 15.5. The Hall–Kier alpha value is -3.75. The highest BCUT2D eigenvalue weighted by Crippen LogP contribution is 2.34. The van der Waals surface area contributed by atoms with E-state index in [-0.39, 0.29) is 0 Å². The molecule has 4 aromatic heterocycles. The van der Waals surface area contributed by atoms with E-state index in [0.717, 1.165) is 50.4 Å². The van der Waals surface area contributed by atoms with E-state index in [1.165, 1.54) is 0 Å². The van der Waals surface area contributed by atoms with E-state index in [4.69, 9.17) is 9.51 Å². The number of fused-ring (bicyclic) bond motifs is 1. The Balaban J connectivity index is 1.67. The van der Waals surface area contributed by atoms with Crippen LogP contribution >= 0.6 is 0 Å². The highest BCUT2D eigenvalue weighted by Gasteiger charge is 2.18. The lowest BCUT2D eigenvalue weighted by atomic mass is 9.80. The van der Waals surface area contributed by atoms with E-state index in [1.54, 1.807) is 18.3 Å². The van der Waals surface area contributed by atoms with Crippen LogP contribution in [0.1, 0.15) is 17.1 Å². The molecule has 32 heavy (non-hydrogen) atoms. The van der Waals surface area contributed by atoms with Crippen LogP contribution in [0.3, 0.4) is 0 Å². The second kappa shape index (κ2) is 8.07. The van der Waals surface area contributed by atoms with Crippen molar-refractivity contribution in [1.29, 1.82) is 0 Å². The van der Waals surface area contributed by atoms with Crippen molar-refractivity contribution in [3.8, 4) is 22.3 Å². The number of nitrogens with zero attached hydrogens (tertiary/aromatic N) is 4. The zero-order valence-electron chi connectivity index (χ0n) is 17.7. The molecule has 0 fully saturated rings. The molecule has 0 radical (unpaired) electrons. The van der Waals surface area contributed by atoms with Gasteiger partial charge in [-0.1, -0.05) is 35.5 Å². The standard InChI is InChI=1S/C24H21BN4O3/c1-15-23(16(2)32-28-15)18-11-22-24(27-12-18)21(17-6-8-19(9-7-17)25(30)31)14-29(22)13-20-5-3-4-10-26-20/h3-12,14,30-31H,13H2,1-2H3. The van der Waals surface area contributed by atoms with Gasteiger partial charge in [0.2, 0.25) is 0 Å². The minimum atomic E-state index is -1.50. The lowest BCUT2D eigenvalue weighted by molar-refractivity contribution is 0.393. The second-order valence-corrected chi connectivity index (χ2v) is 7.78. The molecular weight excluding hydrogens is 403 g/mol. The summed E-state index contributed by atoms with van der Waals surface area (Å²) in [5.74, 6) is 0.754. The van der Waals surface area contributed by atoms with Gasteiger partial charge in [-0.15, -0.1) is 0 Å². The summed E-state index contributed by atoms with van der Waals surface area (Å²) < 4.78 is 7.49. The summed E-state index contributed by atoms with van der Waals surface area (Å²) in [5, 5.41) is 22.9. The third-order valence-corrected chi connectivity index (χ3v) is 5.62. The number of pyridine rings is 2. The van der Waals surface area contributed by atoms with Gasteiger partial charge >= 0.3 is 7.12 Å². The summed E-state index contributed by atoms with van der Waals surface area (Å²) >= 11 is 0. The number of hydrogen-bond acceptors (Lipinski definition) is 6. The number of hydrogen-bond donors (Lipinski definition) is 2. The van der Waals surface area contributed by atoms with E-state index in [1.807, 2.05) is 50.4 Å². The van der Waals surface area contributed by atoms with Crippen LogP contribution in [-0.2, 0) is 6.54 Å². The third-order valence-electron chi connectivity index (χ3n) is 5.62. The summed E-state index contributed by atoms with van der Waals surface area (Å²) in [7, 11) is -1.50. The van der Waals surface area contributed by atoms with E-state index in [0.29, 0.717) is 12.0 Å². The van der Waals surface area contributed by atoms with Crippen molar-refractivity contribution in [3.05, 3.63) is 84.3 Å². The van der Waals surface area contributed by atoms with Crippen molar-refractivity contribution in [2.24, 2.45) is 0 Å². The molecule has 8 heteroatoms. The first-order valence-corrected chi connectivity index (χ1v) is 10.3. The molecule has 2 N–H and O–H groups in total. The van der Waals surface area contributed by atoms with Gasteiger partial charge in [0.15, 0.2) is 0 Å². The molecule has 0 spiro atoms. The van der Waals surface area contributed by atoms with Crippen LogP contribution in [0.5, 0.6) is 0 Å². The Morgan fingerprint density at radius 1 is 1.00 bits per heavy atom. The normalized spacial score (nSPS) is 11.2. The summed E-state index contributed by atoms with van der Waals surface area (Å²) in [5.41, 5.74) is 7.83. The second-order valence-electron chi connectivity index (χ2n) is 7.78. The topological polar surface area (TPSA) is 97.2 Å². The SMILES string of the molecule is Cc1noc(C)c1-c1cnc2c(-c3ccc(B(O)O)cc3)cn(Cc3ccccn3)c2c1. The predicted octanol–water partition coefficient (Wildman–Crippen LogP) is 3.10. The predicted molar refractivity (Wildman–Crippen MR) is 123 cm³/mol. The van der Waals surface area contributed by atoms with Crippen LogP contribution in [-0.4, -0.2) is 36.9 Å². The Morgan fingerprint density at radius 2 is 1.81 bits per heavy atom. The first kappa shape index (κ1) is 20.2. The molecule has 5 aromatic rings. The Morgan fingerprint density at radius 3 is 2.47 bits per heavy atom. The number of aromatic nitrogens is 4. The molecule has 0 aliphatic heterocycles. The quantitative estimate of drug-likeness (QED) is 0.421. The van der Waals surface area contributed by atoms with Gasteiger partial charge in [0.1, 0.15) is 5.76 Å². The van der Waals surface area contributed by atoms with Crippen LogP contribution < -0.4 is 5.46 Å². The Bertz CT molecular complexity index is 1370. The van der Waals surface area contributed by atoms with Gasteiger partial charge in [-0.25, -0.2) is 0 Å². The van der Waals surface area contributed by atoms with Crippen molar-refractivity contribution < 1.29 is 14.6 Å². The molecule has 0 atom stereocenters. The lowest BCUT2D eigenvalue weighted by Crippen LogP contribution is -2.29. The van der Waals surface area contributed by atoms with Crippen molar-refractivity contribution in [3.63, 3.8) is 0 Å². The number of rotatable bonds is 5. The molecule has 0 amide bonds. The minimum Gasteiger partial charge on any atom is -0.423 e. The molecular formula is C24H21BN4O3. The molecule has 0 saturated heterocycles. The molecule has 0 saturated carbocycles. The molecule has 0 aliphatic carbocycles. The van der Waals surface area contributed by atoms with Gasteiger partial charge in [0.05, 0.1) is 29.0 Å². The molecule has 7 nitrogen and oxygen atoms in total. The van der Waals surface area contributed by atoms with E-state index in [9.17, 15) is 10.0 Å². The van der Waals surface area contributed by atoms with Gasteiger partial charge < -0.3 is 19.1 Å². The fourth-order valence-electron chi connectivity index (χ4n) is 4.04. The third kappa shape index (κ3) is 3.59. The van der Waals surface area contributed by atoms with Crippen LogP contribution in [0, 0.1) is 13.8 Å².